The predicted molar refractivity (Wildman–Crippen MR) is 110 cm³/mol. The number of primary amides is 1. The zero-order chi connectivity index (χ0) is 19.8. The zero-order valence-corrected chi connectivity index (χ0v) is 15.4. The third-order valence-electron chi connectivity index (χ3n) is 4.68. The molecule has 2 heterocycles. The van der Waals surface area contributed by atoms with Crippen molar-refractivity contribution < 1.29 is 4.79 Å². The molecule has 0 aliphatic heterocycles. The van der Waals surface area contributed by atoms with Crippen LogP contribution in [-0.2, 0) is 0 Å². The van der Waals surface area contributed by atoms with Crippen molar-refractivity contribution in [1.82, 2.24) is 20.2 Å². The molecule has 0 spiro atoms. The summed E-state index contributed by atoms with van der Waals surface area (Å²) in [5, 5.41) is 11.0. The fourth-order valence-corrected chi connectivity index (χ4v) is 3.20. The number of amides is 1. The first kappa shape index (κ1) is 17.5. The van der Waals surface area contributed by atoms with Gasteiger partial charge in [0.2, 0.25) is 0 Å². The molecule has 140 valence electrons. The molecular formula is C20H19N7O. The Balaban J connectivity index is 2.01. The van der Waals surface area contributed by atoms with Crippen LogP contribution in [0, 0.1) is 6.92 Å². The maximum absolute atomic E-state index is 12.0. The highest BCUT2D eigenvalue weighted by Crippen LogP contribution is 2.35. The first-order chi connectivity index (χ1) is 13.5. The van der Waals surface area contributed by atoms with Gasteiger partial charge < -0.3 is 16.8 Å². The Morgan fingerprint density at radius 2 is 1.86 bits per heavy atom. The van der Waals surface area contributed by atoms with Crippen LogP contribution >= 0.6 is 0 Å². The Morgan fingerprint density at radius 3 is 2.54 bits per heavy atom. The third kappa shape index (κ3) is 2.81. The van der Waals surface area contributed by atoms with E-state index in [1.165, 1.54) is 0 Å². The quantitative estimate of drug-likeness (QED) is 0.434. The molecule has 28 heavy (non-hydrogen) atoms. The molecule has 0 saturated carbocycles. The van der Waals surface area contributed by atoms with Crippen LogP contribution in [0.3, 0.4) is 0 Å². The minimum Gasteiger partial charge on any atom is -0.395 e. The highest BCUT2D eigenvalue weighted by molar-refractivity contribution is 6.04. The summed E-state index contributed by atoms with van der Waals surface area (Å²) in [6, 6.07) is 11.4. The second-order valence-corrected chi connectivity index (χ2v) is 6.44. The summed E-state index contributed by atoms with van der Waals surface area (Å²) in [5.41, 5.74) is 16.7. The van der Waals surface area contributed by atoms with Gasteiger partial charge in [-0.05, 0) is 42.8 Å². The third-order valence-corrected chi connectivity index (χ3v) is 4.68. The van der Waals surface area contributed by atoms with E-state index in [1.54, 1.807) is 6.20 Å². The number of aromatic nitrogens is 4. The molecule has 0 fully saturated rings. The predicted octanol–water partition coefficient (Wildman–Crippen LogP) is 2.72. The smallest absolute Gasteiger partial charge is 0.269 e. The molecule has 2 aromatic heterocycles. The number of H-pyrrole nitrogens is 1. The Hall–Kier alpha value is -3.94. The average molecular weight is 373 g/mol. The lowest BCUT2D eigenvalue weighted by Crippen LogP contribution is -2.18. The van der Waals surface area contributed by atoms with Gasteiger partial charge in [0.15, 0.2) is 11.5 Å². The van der Waals surface area contributed by atoms with Crippen LogP contribution in [0.15, 0.2) is 42.6 Å². The SMILES string of the molecule is CNc1ccc(-c2nc(C(N)=O)c(N)c(-c3c(C)ccc4[nH]ncc34)n2)cc1. The monoisotopic (exact) mass is 373 g/mol. The number of hydrogen-bond donors (Lipinski definition) is 4. The summed E-state index contributed by atoms with van der Waals surface area (Å²) in [7, 11) is 1.84. The lowest BCUT2D eigenvalue weighted by molar-refractivity contribution is 0.0996. The van der Waals surface area contributed by atoms with Crippen LogP contribution in [-0.4, -0.2) is 33.1 Å². The van der Waals surface area contributed by atoms with E-state index in [2.05, 4.69) is 20.5 Å². The lowest BCUT2D eigenvalue weighted by Gasteiger charge is -2.14. The lowest BCUT2D eigenvalue weighted by atomic mass is 9.99. The fourth-order valence-electron chi connectivity index (χ4n) is 3.20. The molecule has 6 N–H and O–H groups in total. The van der Waals surface area contributed by atoms with Gasteiger partial charge in [-0.2, -0.15) is 5.10 Å². The molecule has 0 radical (unpaired) electrons. The van der Waals surface area contributed by atoms with Crippen molar-refractivity contribution in [2.75, 3.05) is 18.1 Å². The minimum absolute atomic E-state index is 0.00223. The fraction of sp³-hybridized carbons (Fsp3) is 0.100. The number of nitrogen functional groups attached to an aromatic ring is 1. The molecule has 4 rings (SSSR count). The van der Waals surface area contributed by atoms with Crippen molar-refractivity contribution in [3.8, 4) is 22.6 Å². The number of anilines is 2. The van der Waals surface area contributed by atoms with E-state index in [9.17, 15) is 4.79 Å². The van der Waals surface area contributed by atoms with Crippen molar-refractivity contribution in [2.24, 2.45) is 5.73 Å². The number of benzene rings is 2. The minimum atomic E-state index is -0.703. The maximum Gasteiger partial charge on any atom is 0.269 e. The Bertz CT molecular complexity index is 1200. The van der Waals surface area contributed by atoms with Gasteiger partial charge in [0.25, 0.3) is 5.91 Å². The summed E-state index contributed by atoms with van der Waals surface area (Å²) < 4.78 is 0. The standard InChI is InChI=1S/C20H19N7O/c1-10-3-8-14-13(9-24-27-14)15(10)17-16(21)18(19(22)28)26-20(25-17)11-4-6-12(23-2)7-5-11/h3-9,23H,21H2,1-2H3,(H2,22,28)(H,24,27). The highest BCUT2D eigenvalue weighted by Gasteiger charge is 2.21. The first-order valence-electron chi connectivity index (χ1n) is 8.68. The summed E-state index contributed by atoms with van der Waals surface area (Å²) in [5.74, 6) is -0.327. The Labute approximate surface area is 161 Å². The van der Waals surface area contributed by atoms with Gasteiger partial charge in [-0.3, -0.25) is 9.89 Å². The van der Waals surface area contributed by atoms with Gasteiger partial charge in [-0.1, -0.05) is 6.07 Å². The molecule has 0 atom stereocenters. The topological polar surface area (TPSA) is 136 Å². The van der Waals surface area contributed by atoms with E-state index in [0.29, 0.717) is 11.5 Å². The number of nitrogens with two attached hydrogens (primary N) is 2. The molecule has 1 amide bonds. The van der Waals surface area contributed by atoms with E-state index >= 15 is 0 Å². The summed E-state index contributed by atoms with van der Waals surface area (Å²) >= 11 is 0. The molecule has 4 aromatic rings. The van der Waals surface area contributed by atoms with Gasteiger partial charge in [-0.15, -0.1) is 0 Å². The van der Waals surface area contributed by atoms with Gasteiger partial charge in [0.05, 0.1) is 23.1 Å². The number of nitrogens with one attached hydrogen (secondary N) is 2. The molecule has 0 unspecified atom stereocenters. The molecule has 8 nitrogen and oxygen atoms in total. The van der Waals surface area contributed by atoms with Gasteiger partial charge in [0.1, 0.15) is 0 Å². The van der Waals surface area contributed by atoms with E-state index in [4.69, 9.17) is 16.5 Å². The van der Waals surface area contributed by atoms with Crippen LogP contribution in [0.1, 0.15) is 16.1 Å². The number of carbonyl (C=O) groups excluding carboxylic acids is 1. The van der Waals surface area contributed by atoms with Crippen molar-refractivity contribution in [3.63, 3.8) is 0 Å². The molecule has 0 aliphatic carbocycles. The van der Waals surface area contributed by atoms with E-state index in [0.717, 1.165) is 33.3 Å². The van der Waals surface area contributed by atoms with E-state index in [1.807, 2.05) is 50.4 Å². The van der Waals surface area contributed by atoms with Crippen molar-refractivity contribution in [1.29, 1.82) is 0 Å². The largest absolute Gasteiger partial charge is 0.395 e. The Kier molecular flexibility index (Phi) is 4.15. The number of hydrogen-bond acceptors (Lipinski definition) is 6. The van der Waals surface area contributed by atoms with Crippen molar-refractivity contribution in [2.45, 2.75) is 6.92 Å². The summed E-state index contributed by atoms with van der Waals surface area (Å²) in [4.78, 5) is 21.0. The number of fused-ring (bicyclic) bond motifs is 1. The van der Waals surface area contributed by atoms with Crippen molar-refractivity contribution >= 4 is 28.2 Å². The van der Waals surface area contributed by atoms with E-state index in [-0.39, 0.29) is 11.4 Å². The van der Waals surface area contributed by atoms with Crippen LogP contribution in [0.5, 0.6) is 0 Å². The second-order valence-electron chi connectivity index (χ2n) is 6.44. The van der Waals surface area contributed by atoms with Crippen molar-refractivity contribution in [3.05, 3.63) is 53.9 Å². The van der Waals surface area contributed by atoms with Crippen LogP contribution < -0.4 is 16.8 Å². The Morgan fingerprint density at radius 1 is 1.11 bits per heavy atom. The molecule has 8 heteroatoms. The van der Waals surface area contributed by atoms with Gasteiger partial charge >= 0.3 is 0 Å². The normalized spacial score (nSPS) is 10.9. The van der Waals surface area contributed by atoms with Crippen LogP contribution in [0.2, 0.25) is 0 Å². The number of aryl methyl sites for hydroxylation is 1. The average Bonchev–Trinajstić information content (AvgIpc) is 3.17. The number of rotatable bonds is 4. The van der Waals surface area contributed by atoms with Gasteiger partial charge in [-0.25, -0.2) is 9.97 Å². The highest BCUT2D eigenvalue weighted by atomic mass is 16.1. The molecule has 0 saturated heterocycles. The second kappa shape index (κ2) is 6.66. The van der Waals surface area contributed by atoms with Crippen LogP contribution in [0.25, 0.3) is 33.5 Å². The van der Waals surface area contributed by atoms with Crippen LogP contribution in [0.4, 0.5) is 11.4 Å². The summed E-state index contributed by atoms with van der Waals surface area (Å²) in [6.07, 6.45) is 1.71. The molecular weight excluding hydrogens is 354 g/mol. The zero-order valence-electron chi connectivity index (χ0n) is 15.4. The molecule has 0 bridgehead atoms. The number of carbonyl (C=O) groups is 1. The van der Waals surface area contributed by atoms with E-state index < -0.39 is 5.91 Å². The maximum atomic E-state index is 12.0. The first-order valence-corrected chi connectivity index (χ1v) is 8.68. The van der Waals surface area contributed by atoms with Gasteiger partial charge in [0, 0.05) is 29.2 Å². The molecule has 2 aromatic carbocycles. The number of aromatic amines is 1. The molecule has 0 aliphatic rings. The summed E-state index contributed by atoms with van der Waals surface area (Å²) in [6.45, 7) is 1.95. The number of nitrogens with zero attached hydrogens (tertiary/aromatic N) is 3.